The molecular formula is C3H6NNaO3S. The van der Waals surface area contributed by atoms with E-state index in [9.17, 15) is 8.42 Å². The number of allylic oxidation sites excluding steroid dienone is 1. The SMILES string of the molecule is CC=C[N-]S(=O)(=O)O.[Na+]. The zero-order valence-corrected chi connectivity index (χ0v) is 8.09. The quantitative estimate of drug-likeness (QED) is 0.364. The van der Waals surface area contributed by atoms with Crippen molar-refractivity contribution in [1.82, 2.24) is 0 Å². The summed E-state index contributed by atoms with van der Waals surface area (Å²) in [5.41, 5.74) is 0. The maximum Gasteiger partial charge on any atom is 1.00 e. The molecule has 48 valence electrons. The van der Waals surface area contributed by atoms with Crippen molar-refractivity contribution >= 4 is 10.3 Å². The van der Waals surface area contributed by atoms with E-state index >= 15 is 0 Å². The molecule has 0 saturated carbocycles. The molecule has 6 heteroatoms. The fourth-order valence-electron chi connectivity index (χ4n) is 0.138. The second-order valence-corrected chi connectivity index (χ2v) is 2.14. The predicted molar refractivity (Wildman–Crippen MR) is 29.7 cm³/mol. The molecule has 0 aliphatic carbocycles. The Morgan fingerprint density at radius 1 is 1.56 bits per heavy atom. The molecule has 0 fully saturated rings. The van der Waals surface area contributed by atoms with E-state index in [0.29, 0.717) is 0 Å². The van der Waals surface area contributed by atoms with Crippen LogP contribution in [-0.4, -0.2) is 13.0 Å². The summed E-state index contributed by atoms with van der Waals surface area (Å²) in [5.74, 6) is 0. The number of nitrogens with zero attached hydrogens (tertiary/aromatic N) is 1. The third kappa shape index (κ3) is 11.8. The van der Waals surface area contributed by atoms with Crippen LogP contribution in [0.15, 0.2) is 12.3 Å². The van der Waals surface area contributed by atoms with Gasteiger partial charge in [0.05, 0.1) is 0 Å². The average Bonchev–Trinajstić information content (AvgIpc) is 1.59. The molecule has 0 aliphatic rings. The number of hydrogen-bond donors (Lipinski definition) is 1. The molecule has 0 atom stereocenters. The van der Waals surface area contributed by atoms with Crippen molar-refractivity contribution in [2.24, 2.45) is 0 Å². The Morgan fingerprint density at radius 3 is 2.11 bits per heavy atom. The van der Waals surface area contributed by atoms with E-state index in [1.54, 1.807) is 6.92 Å². The second-order valence-electron chi connectivity index (χ2n) is 1.04. The first kappa shape index (κ1) is 12.2. The molecule has 0 aromatic rings. The first-order chi connectivity index (χ1) is 3.56. The molecule has 0 rings (SSSR count). The number of hydrogen-bond acceptors (Lipinski definition) is 2. The van der Waals surface area contributed by atoms with Crippen LogP contribution < -0.4 is 29.6 Å². The van der Waals surface area contributed by atoms with Crippen molar-refractivity contribution in [3.8, 4) is 0 Å². The zero-order chi connectivity index (χ0) is 6.62. The van der Waals surface area contributed by atoms with Gasteiger partial charge in [0.1, 0.15) is 0 Å². The van der Waals surface area contributed by atoms with Crippen LogP contribution in [0, 0.1) is 0 Å². The third-order valence-electron chi connectivity index (χ3n) is 0.343. The first-order valence-corrected chi connectivity index (χ1v) is 3.26. The largest absolute Gasteiger partial charge is 1.00 e. The molecule has 0 amide bonds. The van der Waals surface area contributed by atoms with Crippen LogP contribution in [-0.2, 0) is 10.3 Å². The maximum absolute atomic E-state index is 9.73. The topological polar surface area (TPSA) is 68.5 Å². The minimum absolute atomic E-state index is 0. The zero-order valence-electron chi connectivity index (χ0n) is 5.27. The van der Waals surface area contributed by atoms with Gasteiger partial charge in [-0.05, 0) is 6.92 Å². The van der Waals surface area contributed by atoms with Crippen molar-refractivity contribution in [3.63, 3.8) is 0 Å². The molecule has 9 heavy (non-hydrogen) atoms. The molecule has 0 spiro atoms. The second kappa shape index (κ2) is 5.25. The Morgan fingerprint density at radius 2 is 2.00 bits per heavy atom. The van der Waals surface area contributed by atoms with Gasteiger partial charge < -0.3 is 4.72 Å². The van der Waals surface area contributed by atoms with Gasteiger partial charge in [-0.2, -0.15) is 6.20 Å². The van der Waals surface area contributed by atoms with Crippen LogP contribution in [0.5, 0.6) is 0 Å². The van der Waals surface area contributed by atoms with Crippen molar-refractivity contribution in [3.05, 3.63) is 17.0 Å². The van der Waals surface area contributed by atoms with Crippen molar-refractivity contribution in [2.75, 3.05) is 0 Å². The summed E-state index contributed by atoms with van der Waals surface area (Å²) in [6.07, 6.45) is 2.39. The predicted octanol–water partition coefficient (Wildman–Crippen LogP) is -2.30. The van der Waals surface area contributed by atoms with E-state index in [1.807, 2.05) is 0 Å². The van der Waals surface area contributed by atoms with Crippen LogP contribution in [0.1, 0.15) is 6.92 Å². The molecule has 0 radical (unpaired) electrons. The molecule has 0 saturated heterocycles. The van der Waals surface area contributed by atoms with Crippen LogP contribution in [0.4, 0.5) is 0 Å². The van der Waals surface area contributed by atoms with Gasteiger partial charge in [0.2, 0.25) is 10.3 Å². The molecule has 1 N–H and O–H groups in total. The van der Waals surface area contributed by atoms with Crippen LogP contribution in [0.3, 0.4) is 0 Å². The molecule has 0 aromatic carbocycles. The van der Waals surface area contributed by atoms with E-state index in [1.165, 1.54) is 6.08 Å². The Balaban J connectivity index is 0. The molecule has 0 aliphatic heterocycles. The van der Waals surface area contributed by atoms with E-state index in [-0.39, 0.29) is 29.6 Å². The maximum atomic E-state index is 9.73. The fourth-order valence-corrected chi connectivity index (χ4v) is 0.413. The number of rotatable bonds is 2. The van der Waals surface area contributed by atoms with Crippen LogP contribution in [0.25, 0.3) is 4.72 Å². The van der Waals surface area contributed by atoms with Crippen molar-refractivity contribution in [1.29, 1.82) is 0 Å². The Labute approximate surface area is 76.5 Å². The third-order valence-corrected chi connectivity index (χ3v) is 0.731. The van der Waals surface area contributed by atoms with Gasteiger partial charge in [-0.1, -0.05) is 0 Å². The normalized spacial score (nSPS) is 10.9. The average molecular weight is 159 g/mol. The van der Waals surface area contributed by atoms with E-state index in [0.717, 1.165) is 6.20 Å². The van der Waals surface area contributed by atoms with Gasteiger partial charge in [-0.15, -0.1) is 6.08 Å². The van der Waals surface area contributed by atoms with Gasteiger partial charge in [0, 0.05) is 0 Å². The van der Waals surface area contributed by atoms with Gasteiger partial charge in [0.15, 0.2) is 0 Å². The van der Waals surface area contributed by atoms with Gasteiger partial charge in [-0.25, -0.2) is 8.42 Å². The molecule has 4 nitrogen and oxygen atoms in total. The van der Waals surface area contributed by atoms with Gasteiger partial charge in [0.25, 0.3) is 0 Å². The fraction of sp³-hybridized carbons (Fsp3) is 0.333. The molecule has 0 unspecified atom stereocenters. The van der Waals surface area contributed by atoms with E-state index in [2.05, 4.69) is 4.72 Å². The summed E-state index contributed by atoms with van der Waals surface area (Å²) in [7, 11) is -4.15. The summed E-state index contributed by atoms with van der Waals surface area (Å²) >= 11 is 0. The minimum Gasteiger partial charge on any atom is -0.560 e. The summed E-state index contributed by atoms with van der Waals surface area (Å²) in [5, 5.41) is 0. The van der Waals surface area contributed by atoms with Gasteiger partial charge >= 0.3 is 29.6 Å². The summed E-state index contributed by atoms with van der Waals surface area (Å²) in [6, 6.07) is 0. The molecule has 0 bridgehead atoms. The summed E-state index contributed by atoms with van der Waals surface area (Å²) < 4.78 is 30.1. The molecular weight excluding hydrogens is 153 g/mol. The van der Waals surface area contributed by atoms with Crippen molar-refractivity contribution < 1.29 is 42.5 Å². The van der Waals surface area contributed by atoms with Gasteiger partial charge in [-0.3, -0.25) is 4.55 Å². The standard InChI is InChI=1S/C3H6NO3S.Na/c1-2-3-4-8(5,6)7;/h2-3H,1H3,(H,5,6,7);/q-1;+1. The molecule has 0 aromatic heterocycles. The van der Waals surface area contributed by atoms with Crippen molar-refractivity contribution in [2.45, 2.75) is 6.92 Å². The Kier molecular flexibility index (Phi) is 7.09. The first-order valence-electron chi connectivity index (χ1n) is 1.87. The Bertz CT molecular complexity index is 173. The van der Waals surface area contributed by atoms with Crippen LogP contribution in [0.2, 0.25) is 0 Å². The smallest absolute Gasteiger partial charge is 0.560 e. The Hall–Kier alpha value is 0.450. The summed E-state index contributed by atoms with van der Waals surface area (Å²) in [4.78, 5) is 0. The summed E-state index contributed by atoms with van der Waals surface area (Å²) in [6.45, 7) is 1.59. The van der Waals surface area contributed by atoms with E-state index < -0.39 is 10.3 Å². The van der Waals surface area contributed by atoms with Crippen LogP contribution >= 0.6 is 0 Å². The monoisotopic (exact) mass is 159 g/mol. The molecule has 0 heterocycles. The van der Waals surface area contributed by atoms with E-state index in [4.69, 9.17) is 4.55 Å². The minimum atomic E-state index is -4.15.